The summed E-state index contributed by atoms with van der Waals surface area (Å²) in [7, 11) is 1.55. The molecule has 136 valence electrons. The molecular weight excluding hydrogens is 321 g/mol. The average Bonchev–Trinajstić information content (AvgIpc) is 3.12. The van der Waals surface area contributed by atoms with Gasteiger partial charge in [0.25, 0.3) is 0 Å². The van der Waals surface area contributed by atoms with E-state index < -0.39 is 11.9 Å². The summed E-state index contributed by atoms with van der Waals surface area (Å²) < 4.78 is 14.4. The second-order valence-corrected chi connectivity index (χ2v) is 6.82. The number of amides is 2. The van der Waals surface area contributed by atoms with Crippen molar-refractivity contribution in [3.63, 3.8) is 0 Å². The van der Waals surface area contributed by atoms with Gasteiger partial charge in [0.15, 0.2) is 0 Å². The Kier molecular flexibility index (Phi) is 5.68. The lowest BCUT2D eigenvalue weighted by Gasteiger charge is -2.36. The highest BCUT2D eigenvalue weighted by Gasteiger charge is 2.41. The van der Waals surface area contributed by atoms with E-state index >= 15 is 0 Å². The Morgan fingerprint density at radius 1 is 1.12 bits per heavy atom. The van der Waals surface area contributed by atoms with Crippen LogP contribution in [-0.2, 0) is 9.59 Å². The van der Waals surface area contributed by atoms with Gasteiger partial charge >= 0.3 is 0 Å². The van der Waals surface area contributed by atoms with Crippen LogP contribution in [0.5, 0.6) is 0 Å². The Balaban J connectivity index is 1.88. The Morgan fingerprint density at radius 3 is 2.52 bits per heavy atom. The second kappa shape index (κ2) is 7.95. The number of likely N-dealkylation sites (tertiary alicyclic amines) is 2. The molecule has 1 N–H and O–H groups in total. The molecule has 2 amide bonds. The van der Waals surface area contributed by atoms with E-state index in [1.807, 2.05) is 9.80 Å². The summed E-state index contributed by atoms with van der Waals surface area (Å²) in [4.78, 5) is 29.3. The number of likely N-dealkylation sites (N-methyl/N-ethyl adjacent to an activating group) is 1. The quantitative estimate of drug-likeness (QED) is 0.907. The fourth-order valence-corrected chi connectivity index (χ4v) is 3.99. The Hall–Kier alpha value is -1.95. The first-order chi connectivity index (χ1) is 12.1. The van der Waals surface area contributed by atoms with Gasteiger partial charge in [-0.2, -0.15) is 0 Å². The van der Waals surface area contributed by atoms with Crippen molar-refractivity contribution in [3.05, 3.63) is 35.6 Å². The van der Waals surface area contributed by atoms with E-state index in [4.69, 9.17) is 0 Å². The number of benzene rings is 1. The summed E-state index contributed by atoms with van der Waals surface area (Å²) in [6.45, 7) is 2.19. The van der Waals surface area contributed by atoms with Gasteiger partial charge in [0.2, 0.25) is 11.8 Å². The number of nitrogens with zero attached hydrogens (tertiary/aromatic N) is 2. The van der Waals surface area contributed by atoms with Crippen molar-refractivity contribution in [2.75, 3.05) is 26.7 Å². The molecule has 0 saturated carbocycles. The maximum Gasteiger partial charge on any atom is 0.241 e. The molecule has 3 rings (SSSR count). The molecule has 0 aromatic heterocycles. The molecule has 0 spiro atoms. The predicted octanol–water partition coefficient (Wildman–Crippen LogP) is 2.09. The van der Waals surface area contributed by atoms with Crippen LogP contribution in [0, 0.1) is 5.82 Å². The predicted molar refractivity (Wildman–Crippen MR) is 93.4 cm³/mol. The number of hydrogen-bond acceptors (Lipinski definition) is 3. The fraction of sp³-hybridized carbons (Fsp3) is 0.579. The minimum Gasteiger partial charge on any atom is -0.358 e. The maximum absolute atomic E-state index is 14.4. The number of halogens is 1. The van der Waals surface area contributed by atoms with Gasteiger partial charge in [0.05, 0.1) is 6.04 Å². The highest BCUT2D eigenvalue weighted by atomic mass is 19.1. The fourth-order valence-electron chi connectivity index (χ4n) is 3.99. The molecule has 0 bridgehead atoms. The van der Waals surface area contributed by atoms with Crippen molar-refractivity contribution in [1.82, 2.24) is 15.1 Å². The van der Waals surface area contributed by atoms with Crippen LogP contribution in [-0.4, -0.2) is 54.3 Å². The summed E-state index contributed by atoms with van der Waals surface area (Å²) in [5.74, 6) is -0.599. The lowest BCUT2D eigenvalue weighted by atomic mass is 10.0. The Bertz CT molecular complexity index is 631. The Morgan fingerprint density at radius 2 is 1.84 bits per heavy atom. The first-order valence-corrected chi connectivity index (χ1v) is 9.14. The number of hydrogen-bond donors (Lipinski definition) is 1. The Labute approximate surface area is 148 Å². The minimum atomic E-state index is -0.771. The van der Waals surface area contributed by atoms with Crippen LogP contribution in [0.4, 0.5) is 4.39 Å². The molecule has 1 aromatic carbocycles. The largest absolute Gasteiger partial charge is 0.358 e. The molecule has 0 radical (unpaired) electrons. The smallest absolute Gasteiger partial charge is 0.241 e. The molecule has 2 aliphatic heterocycles. The van der Waals surface area contributed by atoms with E-state index in [0.29, 0.717) is 12.1 Å². The number of carbonyl (C=O) groups excluding carboxylic acids is 2. The topological polar surface area (TPSA) is 52.7 Å². The van der Waals surface area contributed by atoms with Gasteiger partial charge in [0.1, 0.15) is 11.9 Å². The van der Waals surface area contributed by atoms with Crippen molar-refractivity contribution in [3.8, 4) is 0 Å². The highest BCUT2D eigenvalue weighted by Crippen LogP contribution is 2.32. The summed E-state index contributed by atoms with van der Waals surface area (Å²) in [6, 6.07) is 5.22. The minimum absolute atomic E-state index is 0.0856. The highest BCUT2D eigenvalue weighted by molar-refractivity contribution is 5.86. The molecule has 5 nitrogen and oxygen atoms in total. The average molecular weight is 347 g/mol. The van der Waals surface area contributed by atoms with E-state index in [9.17, 15) is 14.0 Å². The number of carbonyl (C=O) groups is 2. The summed E-state index contributed by atoms with van der Waals surface area (Å²) in [6.07, 6.45) is 4.78. The van der Waals surface area contributed by atoms with Gasteiger partial charge in [-0.25, -0.2) is 4.39 Å². The van der Waals surface area contributed by atoms with Crippen LogP contribution in [0.2, 0.25) is 0 Å². The van der Waals surface area contributed by atoms with Crippen LogP contribution in [0.3, 0.4) is 0 Å². The second-order valence-electron chi connectivity index (χ2n) is 6.82. The van der Waals surface area contributed by atoms with Crippen LogP contribution < -0.4 is 5.32 Å². The summed E-state index contributed by atoms with van der Waals surface area (Å²) in [5.41, 5.74) is 0.334. The molecule has 2 heterocycles. The SMILES string of the molecule is CNC(=O)[C@@H](c1ccccc1F)N1CCC[C@H]1C(=O)N1CCCCC1. The van der Waals surface area contributed by atoms with Crippen molar-refractivity contribution in [1.29, 1.82) is 0 Å². The molecule has 0 aliphatic carbocycles. The number of piperidine rings is 1. The van der Waals surface area contributed by atoms with E-state index in [-0.39, 0.29) is 17.9 Å². The van der Waals surface area contributed by atoms with Gasteiger partial charge < -0.3 is 10.2 Å². The monoisotopic (exact) mass is 347 g/mol. The molecular formula is C19H26FN3O2. The van der Waals surface area contributed by atoms with E-state index in [0.717, 1.165) is 45.2 Å². The zero-order valence-corrected chi connectivity index (χ0v) is 14.7. The van der Waals surface area contributed by atoms with Crippen molar-refractivity contribution >= 4 is 11.8 Å². The molecule has 6 heteroatoms. The summed E-state index contributed by atoms with van der Waals surface area (Å²) in [5, 5.41) is 2.63. The first-order valence-electron chi connectivity index (χ1n) is 9.14. The maximum atomic E-state index is 14.4. The third kappa shape index (κ3) is 3.68. The van der Waals surface area contributed by atoms with Crippen LogP contribution in [0.25, 0.3) is 0 Å². The lowest BCUT2D eigenvalue weighted by molar-refractivity contribution is -0.139. The van der Waals surface area contributed by atoms with Crippen LogP contribution in [0.15, 0.2) is 24.3 Å². The molecule has 2 saturated heterocycles. The number of nitrogens with one attached hydrogen (secondary N) is 1. The van der Waals surface area contributed by atoms with Gasteiger partial charge in [-0.1, -0.05) is 18.2 Å². The van der Waals surface area contributed by atoms with Gasteiger partial charge in [-0.3, -0.25) is 14.5 Å². The first kappa shape index (κ1) is 17.9. The van der Waals surface area contributed by atoms with Gasteiger partial charge in [0, 0.05) is 32.2 Å². The third-order valence-corrected chi connectivity index (χ3v) is 5.27. The molecule has 25 heavy (non-hydrogen) atoms. The third-order valence-electron chi connectivity index (χ3n) is 5.27. The van der Waals surface area contributed by atoms with Gasteiger partial charge in [-0.05, 0) is 38.2 Å². The molecule has 2 atom stereocenters. The molecule has 0 unspecified atom stereocenters. The van der Waals surface area contributed by atoms with E-state index in [1.54, 1.807) is 25.2 Å². The van der Waals surface area contributed by atoms with Gasteiger partial charge in [-0.15, -0.1) is 0 Å². The van der Waals surface area contributed by atoms with Crippen molar-refractivity contribution in [2.45, 2.75) is 44.2 Å². The van der Waals surface area contributed by atoms with Crippen molar-refractivity contribution in [2.24, 2.45) is 0 Å². The standard InChI is InChI=1S/C19H26FN3O2/c1-21-18(24)17(14-8-3-4-9-15(14)20)23-13-7-10-16(23)19(25)22-11-5-2-6-12-22/h3-4,8-9,16-17H,2,5-7,10-13H2,1H3,(H,21,24)/t16-,17+/m0/s1. The number of rotatable bonds is 4. The van der Waals surface area contributed by atoms with Crippen molar-refractivity contribution < 1.29 is 14.0 Å². The van der Waals surface area contributed by atoms with Crippen LogP contribution in [0.1, 0.15) is 43.7 Å². The zero-order valence-electron chi connectivity index (χ0n) is 14.7. The summed E-state index contributed by atoms with van der Waals surface area (Å²) >= 11 is 0. The lowest BCUT2D eigenvalue weighted by Crippen LogP contribution is -2.50. The molecule has 2 fully saturated rings. The molecule has 1 aromatic rings. The van der Waals surface area contributed by atoms with Crippen LogP contribution >= 0.6 is 0 Å². The van der Waals surface area contributed by atoms with E-state index in [2.05, 4.69) is 5.32 Å². The molecule has 2 aliphatic rings. The normalized spacial score (nSPS) is 22.6. The zero-order chi connectivity index (χ0) is 17.8. The van der Waals surface area contributed by atoms with E-state index in [1.165, 1.54) is 6.07 Å².